The molecule has 0 aromatic rings. The zero-order chi connectivity index (χ0) is 11.6. The molecule has 90 valence electrons. The minimum absolute atomic E-state index is 0.217. The monoisotopic (exact) mass is 237 g/mol. The summed E-state index contributed by atoms with van der Waals surface area (Å²) < 4.78 is 28.5. The number of unbranched alkanes of at least 4 members (excludes halogenated alkanes) is 3. The van der Waals surface area contributed by atoms with Crippen LogP contribution in [0.1, 0.15) is 39.0 Å². The van der Waals surface area contributed by atoms with Gasteiger partial charge in [0, 0.05) is 13.2 Å². The maximum Gasteiger partial charge on any atom is 0.288 e. The molecular weight excluding hydrogens is 218 g/mol. The van der Waals surface area contributed by atoms with Crippen molar-refractivity contribution in [2.75, 3.05) is 19.0 Å². The Kier molecular flexibility index (Phi) is 8.50. The molecule has 6 heteroatoms. The van der Waals surface area contributed by atoms with Crippen LogP contribution in [0, 0.1) is 4.91 Å². The molecule has 0 fully saturated rings. The zero-order valence-corrected chi connectivity index (χ0v) is 9.96. The Balaban J connectivity index is 3.22. The summed E-state index contributed by atoms with van der Waals surface area (Å²) in [5.74, 6) is -0.217. The number of hydrogen-bond acceptors (Lipinski definition) is 4. The van der Waals surface area contributed by atoms with Crippen molar-refractivity contribution in [2.45, 2.75) is 39.0 Å². The van der Waals surface area contributed by atoms with Crippen molar-refractivity contribution in [2.24, 2.45) is 4.58 Å². The summed E-state index contributed by atoms with van der Waals surface area (Å²) in [7, 11) is -3.73. The average Bonchev–Trinajstić information content (AvgIpc) is 2.22. The Morgan fingerprint density at radius 1 is 1.07 bits per heavy atom. The summed E-state index contributed by atoms with van der Waals surface area (Å²) in [6, 6.07) is 0. The van der Waals surface area contributed by atoms with E-state index >= 15 is 0 Å². The lowest BCUT2D eigenvalue weighted by Crippen LogP contribution is -2.06. The summed E-state index contributed by atoms with van der Waals surface area (Å²) >= 11 is 0. The molecule has 5 nitrogen and oxygen atoms in total. The van der Waals surface area contributed by atoms with Gasteiger partial charge in [0.25, 0.3) is 10.0 Å². The van der Waals surface area contributed by atoms with E-state index in [1.807, 2.05) is 4.58 Å². The fourth-order valence-corrected chi connectivity index (χ4v) is 1.67. The molecule has 0 N–H and O–H groups in total. The van der Waals surface area contributed by atoms with Gasteiger partial charge in [-0.25, -0.2) is 8.42 Å². The number of hydrogen-bond donors (Lipinski definition) is 0. The second-order valence-electron chi connectivity index (χ2n) is 3.39. The molecule has 0 aliphatic rings. The second-order valence-corrected chi connectivity index (χ2v) is 5.11. The number of nitrogens with zero attached hydrogens (tertiary/aromatic N) is 1. The van der Waals surface area contributed by atoms with Crippen LogP contribution in [0.2, 0.25) is 0 Å². The lowest BCUT2D eigenvalue weighted by atomic mass is 10.2. The van der Waals surface area contributed by atoms with E-state index in [1.165, 1.54) is 12.8 Å². The van der Waals surface area contributed by atoms with Gasteiger partial charge in [-0.1, -0.05) is 26.2 Å². The summed E-state index contributed by atoms with van der Waals surface area (Å²) in [4.78, 5) is 9.79. The van der Waals surface area contributed by atoms with Gasteiger partial charge in [-0.15, -0.1) is 4.91 Å². The fraction of sp³-hybridized carbons (Fsp3) is 1.00. The highest BCUT2D eigenvalue weighted by atomic mass is 32.2. The molecule has 0 amide bonds. The molecule has 0 rings (SSSR count). The first-order valence-electron chi connectivity index (χ1n) is 5.27. The van der Waals surface area contributed by atoms with Crippen molar-refractivity contribution < 1.29 is 13.2 Å². The van der Waals surface area contributed by atoms with Crippen molar-refractivity contribution in [3.8, 4) is 0 Å². The molecule has 0 aromatic carbocycles. The molecule has 0 heterocycles. The van der Waals surface area contributed by atoms with Gasteiger partial charge in [0.15, 0.2) is 0 Å². The molecule has 0 radical (unpaired) electrons. The van der Waals surface area contributed by atoms with Crippen molar-refractivity contribution in [1.82, 2.24) is 0 Å². The summed E-state index contributed by atoms with van der Waals surface area (Å²) in [6.07, 6.45) is 4.87. The summed E-state index contributed by atoms with van der Waals surface area (Å²) in [5.41, 5.74) is 0. The predicted octanol–water partition coefficient (Wildman–Crippen LogP) is 2.07. The van der Waals surface area contributed by atoms with Crippen LogP contribution >= 0.6 is 0 Å². The predicted molar refractivity (Wildman–Crippen MR) is 59.2 cm³/mol. The molecule has 0 saturated carbocycles. The highest BCUT2D eigenvalue weighted by Crippen LogP contribution is 2.00. The van der Waals surface area contributed by atoms with E-state index in [0.717, 1.165) is 12.8 Å². The van der Waals surface area contributed by atoms with Crippen molar-refractivity contribution in [3.63, 3.8) is 0 Å². The van der Waals surface area contributed by atoms with Crippen LogP contribution < -0.4 is 0 Å². The van der Waals surface area contributed by atoms with E-state index in [0.29, 0.717) is 19.6 Å². The first kappa shape index (κ1) is 14.5. The third kappa shape index (κ3) is 9.81. The third-order valence-corrected chi connectivity index (χ3v) is 2.98. The van der Waals surface area contributed by atoms with E-state index in [4.69, 9.17) is 4.74 Å². The first-order valence-corrected chi connectivity index (χ1v) is 6.88. The molecular formula is C9H19NO4S. The standard InChI is InChI=1S/C9H19NO4S/c1-2-3-4-5-7-14-8-6-9-15(12,13)10-11/h2-9H2,1H3. The van der Waals surface area contributed by atoms with E-state index in [9.17, 15) is 13.3 Å². The smallest absolute Gasteiger partial charge is 0.288 e. The van der Waals surface area contributed by atoms with Crippen molar-refractivity contribution in [3.05, 3.63) is 4.91 Å². The zero-order valence-electron chi connectivity index (χ0n) is 9.15. The molecule has 0 aliphatic heterocycles. The first-order chi connectivity index (χ1) is 7.12. The SMILES string of the molecule is CCCCCCOCCCS(=O)(=O)N=O. The van der Waals surface area contributed by atoms with E-state index in [2.05, 4.69) is 6.92 Å². The molecule has 0 aromatic heterocycles. The number of ether oxygens (including phenoxy) is 1. The second kappa shape index (κ2) is 8.79. The Bertz CT molecular complexity index is 251. The van der Waals surface area contributed by atoms with Gasteiger partial charge < -0.3 is 4.74 Å². The van der Waals surface area contributed by atoms with Crippen LogP contribution in [-0.2, 0) is 14.8 Å². The van der Waals surface area contributed by atoms with Crippen LogP contribution in [0.4, 0.5) is 0 Å². The maximum atomic E-state index is 10.6. The highest BCUT2D eigenvalue weighted by Gasteiger charge is 2.08. The van der Waals surface area contributed by atoms with Gasteiger partial charge in [-0.2, -0.15) is 0 Å². The Morgan fingerprint density at radius 2 is 1.73 bits per heavy atom. The molecule has 0 aliphatic carbocycles. The maximum absolute atomic E-state index is 10.6. The van der Waals surface area contributed by atoms with Gasteiger partial charge in [0.05, 0.1) is 10.3 Å². The van der Waals surface area contributed by atoms with Gasteiger partial charge >= 0.3 is 0 Å². The third-order valence-electron chi connectivity index (χ3n) is 1.95. The van der Waals surface area contributed by atoms with Crippen LogP contribution in [0.25, 0.3) is 0 Å². The molecule has 0 saturated heterocycles. The largest absolute Gasteiger partial charge is 0.381 e. The van der Waals surface area contributed by atoms with Crippen LogP contribution in [0.15, 0.2) is 4.58 Å². The quantitative estimate of drug-likeness (QED) is 0.430. The average molecular weight is 237 g/mol. The molecule has 0 unspecified atom stereocenters. The molecule has 0 atom stereocenters. The Labute approximate surface area is 91.2 Å². The van der Waals surface area contributed by atoms with Gasteiger partial charge in [0.1, 0.15) is 0 Å². The molecule has 0 bridgehead atoms. The van der Waals surface area contributed by atoms with E-state index in [1.54, 1.807) is 0 Å². The highest BCUT2D eigenvalue weighted by molar-refractivity contribution is 7.89. The number of rotatable bonds is 10. The molecule has 15 heavy (non-hydrogen) atoms. The van der Waals surface area contributed by atoms with Crippen LogP contribution in [-0.4, -0.2) is 27.4 Å². The van der Waals surface area contributed by atoms with E-state index in [-0.39, 0.29) is 5.75 Å². The fourth-order valence-electron chi connectivity index (χ4n) is 1.11. The van der Waals surface area contributed by atoms with Gasteiger partial charge in [0.2, 0.25) is 0 Å². The van der Waals surface area contributed by atoms with Gasteiger partial charge in [-0.3, -0.25) is 0 Å². The Morgan fingerprint density at radius 3 is 2.33 bits per heavy atom. The Hall–Kier alpha value is -0.490. The minimum Gasteiger partial charge on any atom is -0.381 e. The van der Waals surface area contributed by atoms with Crippen LogP contribution in [0.3, 0.4) is 0 Å². The van der Waals surface area contributed by atoms with Crippen molar-refractivity contribution >= 4 is 10.0 Å². The lowest BCUT2D eigenvalue weighted by Gasteiger charge is -2.02. The lowest BCUT2D eigenvalue weighted by molar-refractivity contribution is 0.131. The number of nitroso groups, excluding NO2 is 1. The summed E-state index contributed by atoms with van der Waals surface area (Å²) in [5, 5.41) is 0. The van der Waals surface area contributed by atoms with Crippen molar-refractivity contribution in [1.29, 1.82) is 0 Å². The molecule has 0 spiro atoms. The topological polar surface area (TPSA) is 72.8 Å². The summed E-state index contributed by atoms with van der Waals surface area (Å²) in [6.45, 7) is 3.17. The van der Waals surface area contributed by atoms with Crippen LogP contribution in [0.5, 0.6) is 0 Å². The van der Waals surface area contributed by atoms with E-state index < -0.39 is 10.0 Å². The normalized spacial score (nSPS) is 11.5. The minimum atomic E-state index is -3.73. The van der Waals surface area contributed by atoms with Gasteiger partial charge in [-0.05, 0) is 12.8 Å². The number of sulfonamides is 1.